The third kappa shape index (κ3) is 2.64. The van der Waals surface area contributed by atoms with E-state index in [0.717, 1.165) is 5.56 Å². The lowest BCUT2D eigenvalue weighted by Gasteiger charge is -2.06. The molecule has 2 aromatic heterocycles. The minimum atomic E-state index is -0.320. The van der Waals surface area contributed by atoms with Crippen molar-refractivity contribution < 1.29 is 0 Å². The van der Waals surface area contributed by atoms with Crippen molar-refractivity contribution in [2.45, 2.75) is 6.54 Å². The van der Waals surface area contributed by atoms with E-state index in [-0.39, 0.29) is 23.9 Å². The van der Waals surface area contributed by atoms with Gasteiger partial charge in [-0.1, -0.05) is 36.4 Å². The molecule has 0 bridgehead atoms. The van der Waals surface area contributed by atoms with Crippen molar-refractivity contribution in [2.24, 2.45) is 0 Å². The van der Waals surface area contributed by atoms with Crippen molar-refractivity contribution in [1.29, 1.82) is 0 Å². The van der Waals surface area contributed by atoms with E-state index in [0.29, 0.717) is 17.7 Å². The number of hydrogen-bond donors (Lipinski definition) is 2. The third-order valence-electron chi connectivity index (χ3n) is 3.66. The van der Waals surface area contributed by atoms with Crippen molar-refractivity contribution in [3.8, 4) is 0 Å². The number of aromatic amines is 1. The molecule has 0 aliphatic carbocycles. The fourth-order valence-electron chi connectivity index (χ4n) is 2.62. The van der Waals surface area contributed by atoms with Crippen LogP contribution in [0.2, 0.25) is 0 Å². The lowest BCUT2D eigenvalue weighted by Crippen LogP contribution is -2.12. The summed E-state index contributed by atoms with van der Waals surface area (Å²) in [6, 6.07) is 14.4. The van der Waals surface area contributed by atoms with E-state index in [1.165, 1.54) is 10.8 Å². The predicted molar refractivity (Wildman–Crippen MR) is 92.9 cm³/mol. The van der Waals surface area contributed by atoms with Gasteiger partial charge in [-0.2, -0.15) is 4.98 Å². The van der Waals surface area contributed by atoms with Crippen LogP contribution in [-0.4, -0.2) is 19.5 Å². The second-order valence-electron chi connectivity index (χ2n) is 5.18. The zero-order valence-corrected chi connectivity index (χ0v) is 12.9. The van der Waals surface area contributed by atoms with Gasteiger partial charge in [0, 0.05) is 0 Å². The number of H-pyrrole nitrogens is 1. The number of rotatable bonds is 2. The van der Waals surface area contributed by atoms with Crippen molar-refractivity contribution in [3.05, 3.63) is 64.7 Å². The summed E-state index contributed by atoms with van der Waals surface area (Å²) in [6.45, 7) is 0.581. The Hall–Kier alpha value is -2.86. The van der Waals surface area contributed by atoms with Crippen LogP contribution in [0.1, 0.15) is 5.56 Å². The van der Waals surface area contributed by atoms with Crippen LogP contribution in [0.25, 0.3) is 21.9 Å². The van der Waals surface area contributed by atoms with Crippen LogP contribution in [0, 0.1) is 0 Å². The molecule has 0 aliphatic heterocycles. The maximum absolute atomic E-state index is 11.8. The maximum Gasteiger partial charge on any atom is 0.280 e. The molecule has 2 aromatic carbocycles. The van der Waals surface area contributed by atoms with Gasteiger partial charge >= 0.3 is 0 Å². The second-order valence-corrected chi connectivity index (χ2v) is 5.18. The van der Waals surface area contributed by atoms with Gasteiger partial charge < -0.3 is 10.3 Å². The van der Waals surface area contributed by atoms with E-state index >= 15 is 0 Å². The van der Waals surface area contributed by atoms with Gasteiger partial charge in [0.2, 0.25) is 5.95 Å². The first-order valence-corrected chi connectivity index (χ1v) is 6.89. The van der Waals surface area contributed by atoms with Crippen LogP contribution in [0.15, 0.2) is 53.6 Å². The highest BCUT2D eigenvalue weighted by atomic mass is 35.5. The standard InChI is InChI=1S/C16H13N5O.ClH/c17-16-19-14-13(15(22)20-16)18-9-21(14)8-10-5-6-11-3-1-2-4-12(11)7-10;/h1-7,9H,8H2,(H3,17,19,20,22);1H. The van der Waals surface area contributed by atoms with E-state index in [2.05, 4.69) is 45.3 Å². The molecule has 0 fully saturated rings. The Balaban J connectivity index is 0.00000156. The molecule has 2 heterocycles. The van der Waals surface area contributed by atoms with Crippen molar-refractivity contribution >= 4 is 40.3 Å². The van der Waals surface area contributed by atoms with Crippen molar-refractivity contribution in [3.63, 3.8) is 0 Å². The number of hydrogen-bond acceptors (Lipinski definition) is 4. The van der Waals surface area contributed by atoms with E-state index in [1.807, 2.05) is 16.7 Å². The lowest BCUT2D eigenvalue weighted by molar-refractivity contribution is 0.815. The second kappa shape index (κ2) is 5.73. The molecule has 0 amide bonds. The van der Waals surface area contributed by atoms with Gasteiger partial charge in [-0.15, -0.1) is 12.4 Å². The minimum Gasteiger partial charge on any atom is -0.369 e. The smallest absolute Gasteiger partial charge is 0.280 e. The number of nitrogens with one attached hydrogen (secondary N) is 1. The summed E-state index contributed by atoms with van der Waals surface area (Å²) in [5, 5.41) is 2.37. The quantitative estimate of drug-likeness (QED) is 0.591. The summed E-state index contributed by atoms with van der Waals surface area (Å²) in [6.07, 6.45) is 1.61. The van der Waals surface area contributed by atoms with E-state index < -0.39 is 0 Å². The highest BCUT2D eigenvalue weighted by Gasteiger charge is 2.09. The first-order valence-electron chi connectivity index (χ1n) is 6.89. The van der Waals surface area contributed by atoms with E-state index in [1.54, 1.807) is 6.33 Å². The van der Waals surface area contributed by atoms with E-state index in [9.17, 15) is 4.79 Å². The molecule has 116 valence electrons. The molecule has 23 heavy (non-hydrogen) atoms. The van der Waals surface area contributed by atoms with Gasteiger partial charge in [0.15, 0.2) is 11.2 Å². The fourth-order valence-corrected chi connectivity index (χ4v) is 2.62. The summed E-state index contributed by atoms with van der Waals surface area (Å²) in [7, 11) is 0. The molecule has 6 nitrogen and oxygen atoms in total. The molecule has 4 rings (SSSR count). The Kier molecular flexibility index (Phi) is 3.75. The monoisotopic (exact) mass is 327 g/mol. The van der Waals surface area contributed by atoms with Gasteiger partial charge in [0.05, 0.1) is 12.9 Å². The lowest BCUT2D eigenvalue weighted by atomic mass is 10.1. The Labute approximate surface area is 137 Å². The van der Waals surface area contributed by atoms with Gasteiger partial charge in [-0.3, -0.25) is 9.78 Å². The zero-order chi connectivity index (χ0) is 15.1. The number of benzene rings is 2. The average Bonchev–Trinajstić information content (AvgIpc) is 2.90. The summed E-state index contributed by atoms with van der Waals surface area (Å²) in [4.78, 5) is 22.5. The Morgan fingerprint density at radius 2 is 1.91 bits per heavy atom. The topological polar surface area (TPSA) is 89.6 Å². The number of nitrogens with two attached hydrogens (primary N) is 1. The Morgan fingerprint density at radius 3 is 2.74 bits per heavy atom. The Bertz CT molecular complexity index is 1050. The summed E-state index contributed by atoms with van der Waals surface area (Å²) in [5.41, 5.74) is 7.20. The van der Waals surface area contributed by atoms with Crippen LogP contribution in [0.3, 0.4) is 0 Å². The summed E-state index contributed by atoms with van der Waals surface area (Å²) < 4.78 is 1.82. The number of nitrogen functional groups attached to an aromatic ring is 1. The number of imidazole rings is 1. The summed E-state index contributed by atoms with van der Waals surface area (Å²) in [5.74, 6) is 0.0951. The first-order chi connectivity index (χ1) is 10.7. The number of halogens is 1. The van der Waals surface area contributed by atoms with Gasteiger partial charge in [-0.05, 0) is 22.4 Å². The first kappa shape index (κ1) is 15.1. The molecular formula is C16H14ClN5O. The number of fused-ring (bicyclic) bond motifs is 2. The highest BCUT2D eigenvalue weighted by molar-refractivity contribution is 5.85. The molecule has 0 aliphatic rings. The molecule has 4 aromatic rings. The molecule has 7 heteroatoms. The molecule has 0 spiro atoms. The van der Waals surface area contributed by atoms with Crippen LogP contribution in [-0.2, 0) is 6.54 Å². The fraction of sp³-hybridized carbons (Fsp3) is 0.0625. The van der Waals surface area contributed by atoms with Gasteiger partial charge in [0.25, 0.3) is 5.56 Å². The van der Waals surface area contributed by atoms with Gasteiger partial charge in [0.1, 0.15) is 0 Å². The number of nitrogens with zero attached hydrogens (tertiary/aromatic N) is 3. The molecule has 3 N–H and O–H groups in total. The van der Waals surface area contributed by atoms with Crippen molar-refractivity contribution in [2.75, 3.05) is 5.73 Å². The van der Waals surface area contributed by atoms with Crippen LogP contribution >= 0.6 is 12.4 Å². The maximum atomic E-state index is 11.8. The molecule has 0 unspecified atom stereocenters. The normalized spacial score (nSPS) is 10.8. The number of anilines is 1. The summed E-state index contributed by atoms with van der Waals surface area (Å²) >= 11 is 0. The molecule has 0 radical (unpaired) electrons. The van der Waals surface area contributed by atoms with Crippen LogP contribution in [0.4, 0.5) is 5.95 Å². The highest BCUT2D eigenvalue weighted by Crippen LogP contribution is 2.17. The Morgan fingerprint density at radius 1 is 1.13 bits per heavy atom. The molecule has 0 saturated heterocycles. The zero-order valence-electron chi connectivity index (χ0n) is 12.1. The third-order valence-corrected chi connectivity index (χ3v) is 3.66. The molecular weight excluding hydrogens is 314 g/mol. The largest absolute Gasteiger partial charge is 0.369 e. The predicted octanol–water partition coefficient (Wildman–Crippen LogP) is 2.33. The number of aromatic nitrogens is 4. The van der Waals surface area contributed by atoms with Crippen molar-refractivity contribution in [1.82, 2.24) is 19.5 Å². The van der Waals surface area contributed by atoms with Gasteiger partial charge in [-0.25, -0.2) is 4.98 Å². The molecule has 0 atom stereocenters. The SMILES string of the molecule is Cl.Nc1nc2c(ncn2Cc2ccc3ccccc3c2)c(=O)[nH]1. The van der Waals surface area contributed by atoms with Crippen LogP contribution in [0.5, 0.6) is 0 Å². The van der Waals surface area contributed by atoms with E-state index in [4.69, 9.17) is 5.73 Å². The minimum absolute atomic E-state index is 0. The average molecular weight is 328 g/mol. The van der Waals surface area contributed by atoms with Crippen LogP contribution < -0.4 is 11.3 Å². The molecule has 0 saturated carbocycles.